The molecule has 0 aliphatic heterocycles. The number of hydrogen-bond acceptors (Lipinski definition) is 15. The molecule has 0 radical (unpaired) electrons. The molecule has 0 aliphatic carbocycles. The average molecular weight is 1550 g/mol. The molecule has 5 atom stereocenters. The van der Waals surface area contributed by atoms with Gasteiger partial charge in [0.1, 0.15) is 19.3 Å². The maximum absolute atomic E-state index is 13.1. The van der Waals surface area contributed by atoms with Crippen molar-refractivity contribution in [3.05, 3.63) is 146 Å². The molecule has 0 bridgehead atoms. The van der Waals surface area contributed by atoms with Crippen molar-refractivity contribution < 1.29 is 80.2 Å². The maximum atomic E-state index is 13.1. The number of aliphatic hydroxyl groups excluding tert-OH is 1. The first-order valence-electron chi connectivity index (χ1n) is 42.1. The molecule has 0 spiro atoms. The van der Waals surface area contributed by atoms with Crippen molar-refractivity contribution in [2.45, 2.75) is 354 Å². The van der Waals surface area contributed by atoms with E-state index in [2.05, 4.69) is 161 Å². The number of phosphoric acid groups is 2. The Labute approximate surface area is 656 Å². The molecule has 17 nitrogen and oxygen atoms in total. The number of carbonyl (C=O) groups is 4. The van der Waals surface area contributed by atoms with Gasteiger partial charge in [-0.15, -0.1) is 0 Å². The van der Waals surface area contributed by atoms with Crippen LogP contribution in [-0.2, 0) is 65.4 Å². The quantitative estimate of drug-likeness (QED) is 0.0169. The lowest BCUT2D eigenvalue weighted by Crippen LogP contribution is -2.30. The Kier molecular flexibility index (Phi) is 76.3. The van der Waals surface area contributed by atoms with E-state index >= 15 is 0 Å². The van der Waals surface area contributed by atoms with E-state index in [1.807, 2.05) is 12.2 Å². The molecule has 0 saturated carbocycles. The van der Waals surface area contributed by atoms with Crippen LogP contribution in [0.4, 0.5) is 0 Å². The Morgan fingerprint density at radius 3 is 0.796 bits per heavy atom. The summed E-state index contributed by atoms with van der Waals surface area (Å²) in [7, 11) is -9.99. The fourth-order valence-electron chi connectivity index (χ4n) is 11.0. The topological polar surface area (TPSA) is 237 Å². The second-order valence-corrected chi connectivity index (χ2v) is 30.6. The van der Waals surface area contributed by atoms with E-state index in [9.17, 15) is 43.2 Å². The Hall–Kier alpha value is -5.06. The number of rotatable bonds is 78. The van der Waals surface area contributed by atoms with Crippen molar-refractivity contribution in [2.75, 3.05) is 39.6 Å². The Balaban J connectivity index is 5.43. The predicted octanol–water partition coefficient (Wildman–Crippen LogP) is 25.0. The van der Waals surface area contributed by atoms with Gasteiger partial charge in [0, 0.05) is 25.7 Å². The van der Waals surface area contributed by atoms with Gasteiger partial charge in [-0.25, -0.2) is 9.13 Å². The standard InChI is InChI=1S/C89H150O17P2/c1-5-9-13-17-21-25-29-33-36-39-41-44-47-51-54-58-62-66-70-74-87(92)100-80-85(106-89(94)76-72-68-64-60-56-52-48-45-42-40-37-34-30-26-22-18-14-10-6-2)82-104-108(97,98)102-78-83(90)77-101-107(95,96)103-81-84(105-88(93)75-71-67-63-59-55-49-32-28-24-20-16-12-8-4)79-99-86(91)73-69-65-61-57-53-50-46-43-38-35-31-27-23-19-15-11-7-3/h9,11,13,15,21-23,25-27,33-38,41-42,44-46,50,57,61,83-85,90H,5-8,10,12,14,16-20,24,28-32,39-40,43,47-49,51-56,58-60,62-82H2,1-4H3,(H,95,96)(H,97,98)/b13-9-,15-11-,25-21-,26-22-,27-23-,36-33-,37-34-,38-35-,44-41-,45-42-,50-46-,61-57-. The van der Waals surface area contributed by atoms with Crippen molar-refractivity contribution in [3.8, 4) is 0 Å². The highest BCUT2D eigenvalue weighted by molar-refractivity contribution is 7.47. The van der Waals surface area contributed by atoms with Gasteiger partial charge < -0.3 is 33.8 Å². The van der Waals surface area contributed by atoms with Crippen molar-refractivity contribution in [2.24, 2.45) is 0 Å². The van der Waals surface area contributed by atoms with Crippen LogP contribution in [0.25, 0.3) is 0 Å². The molecular formula is C89H150O17P2. The third kappa shape index (κ3) is 79.0. The molecule has 0 rings (SSSR count). The molecule has 618 valence electrons. The average Bonchev–Trinajstić information content (AvgIpc) is 0.887. The van der Waals surface area contributed by atoms with Gasteiger partial charge in [0.25, 0.3) is 0 Å². The van der Waals surface area contributed by atoms with Crippen LogP contribution in [0.2, 0.25) is 0 Å². The lowest BCUT2D eigenvalue weighted by Gasteiger charge is -2.21. The summed E-state index contributed by atoms with van der Waals surface area (Å²) in [5.41, 5.74) is 0. The van der Waals surface area contributed by atoms with Crippen molar-refractivity contribution in [1.29, 1.82) is 0 Å². The monoisotopic (exact) mass is 1550 g/mol. The molecule has 0 aromatic heterocycles. The van der Waals surface area contributed by atoms with E-state index in [1.54, 1.807) is 0 Å². The first-order valence-corrected chi connectivity index (χ1v) is 45.1. The summed E-state index contributed by atoms with van der Waals surface area (Å²) in [6, 6.07) is 0. The molecule has 0 amide bonds. The second-order valence-electron chi connectivity index (χ2n) is 27.7. The molecule has 0 heterocycles. The van der Waals surface area contributed by atoms with Crippen LogP contribution < -0.4 is 0 Å². The largest absolute Gasteiger partial charge is 0.472 e. The summed E-state index contributed by atoms with van der Waals surface area (Å²) < 4.78 is 68.7. The molecule has 0 fully saturated rings. The summed E-state index contributed by atoms with van der Waals surface area (Å²) in [6.07, 6.45) is 92.4. The minimum atomic E-state index is -5.00. The van der Waals surface area contributed by atoms with Crippen LogP contribution >= 0.6 is 15.6 Å². The highest BCUT2D eigenvalue weighted by atomic mass is 31.2. The third-order valence-corrected chi connectivity index (χ3v) is 19.2. The van der Waals surface area contributed by atoms with Gasteiger partial charge in [0.15, 0.2) is 12.2 Å². The third-order valence-electron chi connectivity index (χ3n) is 17.3. The molecular weight excluding hydrogens is 1400 g/mol. The van der Waals surface area contributed by atoms with E-state index in [0.717, 1.165) is 180 Å². The van der Waals surface area contributed by atoms with Gasteiger partial charge >= 0.3 is 39.5 Å². The molecule has 108 heavy (non-hydrogen) atoms. The normalized spacial score (nSPS) is 14.5. The number of unbranched alkanes of at least 4 members (excludes halogenated alkanes) is 28. The van der Waals surface area contributed by atoms with E-state index in [1.165, 1.54) is 70.6 Å². The summed E-state index contributed by atoms with van der Waals surface area (Å²) >= 11 is 0. The molecule has 0 aromatic carbocycles. The minimum absolute atomic E-state index is 0.0724. The molecule has 19 heteroatoms. The number of allylic oxidation sites excluding steroid dienone is 24. The molecule has 0 saturated heterocycles. The van der Waals surface area contributed by atoms with Gasteiger partial charge in [-0.2, -0.15) is 0 Å². The summed E-state index contributed by atoms with van der Waals surface area (Å²) in [4.78, 5) is 73.2. The summed E-state index contributed by atoms with van der Waals surface area (Å²) in [5.74, 6) is -2.26. The SMILES string of the molecule is CC/C=C\C/C=C\C/C=C\C/C=C\C/C=C\CCCC(=O)OCC(COP(=O)(O)OCC(O)COP(=O)(O)OCC(COC(=O)CCCCCCCC/C=C\C/C=C\C/C=C\C/C=C\CC)OC(=O)CCCCCCCC/C=C\C/C=C\C/C=C\CCCCC)OC(=O)CCCCCCCCCCCCCCC. The lowest BCUT2D eigenvalue weighted by molar-refractivity contribution is -0.161. The van der Waals surface area contributed by atoms with E-state index in [4.69, 9.17) is 37.0 Å². The lowest BCUT2D eigenvalue weighted by atomic mass is 10.0. The Morgan fingerprint density at radius 1 is 0.269 bits per heavy atom. The van der Waals surface area contributed by atoms with Gasteiger partial charge in [-0.05, 0) is 141 Å². The van der Waals surface area contributed by atoms with Gasteiger partial charge in [-0.3, -0.25) is 37.3 Å². The van der Waals surface area contributed by atoms with Gasteiger partial charge in [-0.1, -0.05) is 315 Å². The van der Waals surface area contributed by atoms with Crippen LogP contribution in [0.1, 0.15) is 336 Å². The number of hydrogen-bond donors (Lipinski definition) is 3. The van der Waals surface area contributed by atoms with Crippen molar-refractivity contribution >= 4 is 39.5 Å². The number of esters is 4. The van der Waals surface area contributed by atoms with Crippen molar-refractivity contribution in [1.82, 2.24) is 0 Å². The Morgan fingerprint density at radius 2 is 0.491 bits per heavy atom. The number of phosphoric ester groups is 2. The minimum Gasteiger partial charge on any atom is -0.462 e. The van der Waals surface area contributed by atoms with E-state index in [0.29, 0.717) is 32.1 Å². The molecule has 0 aromatic rings. The zero-order chi connectivity index (χ0) is 78.9. The first-order chi connectivity index (χ1) is 52.7. The fourth-order valence-corrected chi connectivity index (χ4v) is 12.5. The highest BCUT2D eigenvalue weighted by Gasteiger charge is 2.30. The molecule has 0 aliphatic rings. The zero-order valence-electron chi connectivity index (χ0n) is 67.7. The molecule has 5 unspecified atom stereocenters. The van der Waals surface area contributed by atoms with Gasteiger partial charge in [0.2, 0.25) is 0 Å². The highest BCUT2D eigenvalue weighted by Crippen LogP contribution is 2.45. The van der Waals surface area contributed by atoms with Crippen LogP contribution in [0.5, 0.6) is 0 Å². The van der Waals surface area contributed by atoms with Crippen LogP contribution in [0.3, 0.4) is 0 Å². The maximum Gasteiger partial charge on any atom is 0.472 e. The summed E-state index contributed by atoms with van der Waals surface area (Å²) in [6.45, 7) is 4.56. The number of aliphatic hydroxyl groups is 1. The second kappa shape index (κ2) is 80.0. The summed E-state index contributed by atoms with van der Waals surface area (Å²) in [5, 5.41) is 10.7. The van der Waals surface area contributed by atoms with Crippen molar-refractivity contribution in [3.63, 3.8) is 0 Å². The number of carbonyl (C=O) groups excluding carboxylic acids is 4. The van der Waals surface area contributed by atoms with Crippen LogP contribution in [0, 0.1) is 0 Å². The van der Waals surface area contributed by atoms with Crippen LogP contribution in [0.15, 0.2) is 146 Å². The van der Waals surface area contributed by atoms with E-state index < -0.39 is 97.5 Å². The zero-order valence-corrected chi connectivity index (χ0v) is 69.5. The smallest absolute Gasteiger partial charge is 0.462 e. The number of ether oxygens (including phenoxy) is 4. The van der Waals surface area contributed by atoms with Gasteiger partial charge in [0.05, 0.1) is 26.4 Å². The van der Waals surface area contributed by atoms with Crippen LogP contribution in [-0.4, -0.2) is 96.7 Å². The van der Waals surface area contributed by atoms with E-state index in [-0.39, 0.29) is 25.7 Å². The first kappa shape index (κ1) is 103. The predicted molar refractivity (Wildman–Crippen MR) is 445 cm³/mol. The Bertz CT molecular complexity index is 2610. The fraction of sp³-hybridized carbons (Fsp3) is 0.685. The molecule has 3 N–H and O–H groups in total.